The van der Waals surface area contributed by atoms with Gasteiger partial charge in [0, 0.05) is 13.1 Å². The van der Waals surface area contributed by atoms with Gasteiger partial charge in [-0.05, 0) is 19.8 Å². The number of nitrogens with one attached hydrogen (secondary N) is 1. The first-order chi connectivity index (χ1) is 9.41. The Morgan fingerprint density at radius 2 is 2.15 bits per heavy atom. The van der Waals surface area contributed by atoms with Crippen molar-refractivity contribution in [3.05, 3.63) is 21.6 Å². The summed E-state index contributed by atoms with van der Waals surface area (Å²) in [5.74, 6) is 0. The third kappa shape index (κ3) is 4.80. The van der Waals surface area contributed by atoms with Gasteiger partial charge in [0.1, 0.15) is 5.02 Å². The third-order valence-electron chi connectivity index (χ3n) is 3.16. The van der Waals surface area contributed by atoms with E-state index < -0.39 is 5.60 Å². The molecule has 0 aliphatic carbocycles. The molecule has 1 aromatic rings. The largest absolute Gasteiger partial charge is 0.388 e. The molecule has 1 aromatic heterocycles. The average molecular weight is 302 g/mol. The molecular weight excluding hydrogens is 278 g/mol. The molecule has 0 aliphatic heterocycles. The van der Waals surface area contributed by atoms with Crippen molar-refractivity contribution in [1.82, 2.24) is 9.78 Å². The lowest BCUT2D eigenvalue weighted by Crippen LogP contribution is -2.34. The Balaban J connectivity index is 2.78. The SMILES string of the molecule is CCCCn1ncc(NCC(C)(O)CCC)c(Cl)c1=O. The summed E-state index contributed by atoms with van der Waals surface area (Å²) in [5, 5.41) is 17.3. The molecule has 6 heteroatoms. The van der Waals surface area contributed by atoms with Crippen LogP contribution >= 0.6 is 11.6 Å². The lowest BCUT2D eigenvalue weighted by Gasteiger charge is -2.23. The Kier molecular flexibility index (Phi) is 6.49. The number of unbranched alkanes of at least 4 members (excludes halogenated alkanes) is 1. The number of hydrogen-bond acceptors (Lipinski definition) is 4. The van der Waals surface area contributed by atoms with Crippen LogP contribution in [0.4, 0.5) is 5.69 Å². The molecule has 1 unspecified atom stereocenters. The molecule has 1 heterocycles. The summed E-state index contributed by atoms with van der Waals surface area (Å²) in [7, 11) is 0. The normalized spacial score (nSPS) is 14.1. The molecule has 0 aliphatic rings. The van der Waals surface area contributed by atoms with Crippen LogP contribution in [0.2, 0.25) is 5.02 Å². The molecule has 0 aromatic carbocycles. The number of hydrogen-bond donors (Lipinski definition) is 2. The summed E-state index contributed by atoms with van der Waals surface area (Å²) < 4.78 is 1.38. The molecule has 2 N–H and O–H groups in total. The monoisotopic (exact) mass is 301 g/mol. The van der Waals surface area contributed by atoms with Gasteiger partial charge in [0.25, 0.3) is 5.56 Å². The molecule has 0 saturated heterocycles. The van der Waals surface area contributed by atoms with E-state index in [1.807, 2.05) is 6.92 Å². The number of halogens is 1. The summed E-state index contributed by atoms with van der Waals surface area (Å²) in [6, 6.07) is 0. The number of aryl methyl sites for hydroxylation is 1. The van der Waals surface area contributed by atoms with Crippen molar-refractivity contribution < 1.29 is 5.11 Å². The summed E-state index contributed by atoms with van der Waals surface area (Å²) in [5.41, 5.74) is -0.643. The van der Waals surface area contributed by atoms with Crippen molar-refractivity contribution in [2.45, 2.75) is 58.6 Å². The standard InChI is InChI=1S/C14H24ClN3O2/c1-4-6-8-18-13(19)12(15)11(9-17-18)16-10-14(3,20)7-5-2/h9,16,20H,4-8,10H2,1-3H3. The molecule has 0 saturated carbocycles. The molecule has 1 atom stereocenters. The first kappa shape index (κ1) is 17.0. The number of nitrogens with zero attached hydrogens (tertiary/aromatic N) is 2. The lowest BCUT2D eigenvalue weighted by atomic mass is 10.0. The van der Waals surface area contributed by atoms with E-state index in [0.29, 0.717) is 25.2 Å². The Morgan fingerprint density at radius 1 is 1.45 bits per heavy atom. The minimum absolute atomic E-state index is 0.128. The van der Waals surface area contributed by atoms with Gasteiger partial charge in [-0.15, -0.1) is 0 Å². The molecule has 0 radical (unpaired) electrons. The van der Waals surface area contributed by atoms with Gasteiger partial charge in [-0.25, -0.2) is 4.68 Å². The smallest absolute Gasteiger partial charge is 0.287 e. The molecule has 114 valence electrons. The zero-order valence-electron chi connectivity index (χ0n) is 12.4. The fourth-order valence-corrected chi connectivity index (χ4v) is 2.18. The summed E-state index contributed by atoms with van der Waals surface area (Å²) in [4.78, 5) is 12.0. The lowest BCUT2D eigenvalue weighted by molar-refractivity contribution is 0.0637. The fourth-order valence-electron chi connectivity index (χ4n) is 1.97. The topological polar surface area (TPSA) is 67.2 Å². The van der Waals surface area contributed by atoms with Crippen LogP contribution < -0.4 is 10.9 Å². The van der Waals surface area contributed by atoms with E-state index in [-0.39, 0.29) is 10.6 Å². The van der Waals surface area contributed by atoms with E-state index >= 15 is 0 Å². The van der Waals surface area contributed by atoms with Gasteiger partial charge in [0.15, 0.2) is 0 Å². The van der Waals surface area contributed by atoms with Crippen LogP contribution in [0.15, 0.2) is 11.0 Å². The van der Waals surface area contributed by atoms with Crippen LogP contribution in [0.25, 0.3) is 0 Å². The Labute approximate surface area is 125 Å². The summed E-state index contributed by atoms with van der Waals surface area (Å²) in [6.45, 7) is 6.73. The second-order valence-corrected chi connectivity index (χ2v) is 5.73. The van der Waals surface area contributed by atoms with Crippen LogP contribution in [0, 0.1) is 0 Å². The van der Waals surface area contributed by atoms with Gasteiger partial charge in [-0.2, -0.15) is 5.10 Å². The van der Waals surface area contributed by atoms with E-state index in [0.717, 1.165) is 19.3 Å². The van der Waals surface area contributed by atoms with Crippen molar-refractivity contribution in [2.24, 2.45) is 0 Å². The molecule has 20 heavy (non-hydrogen) atoms. The highest BCUT2D eigenvalue weighted by Gasteiger charge is 2.19. The van der Waals surface area contributed by atoms with Crippen molar-refractivity contribution in [3.63, 3.8) is 0 Å². The number of rotatable bonds is 8. The molecule has 0 spiro atoms. The van der Waals surface area contributed by atoms with Crippen LogP contribution in [0.3, 0.4) is 0 Å². The van der Waals surface area contributed by atoms with E-state index in [2.05, 4.69) is 17.3 Å². The highest BCUT2D eigenvalue weighted by Crippen LogP contribution is 2.18. The van der Waals surface area contributed by atoms with E-state index in [1.54, 1.807) is 13.1 Å². The van der Waals surface area contributed by atoms with Crippen molar-refractivity contribution in [3.8, 4) is 0 Å². The van der Waals surface area contributed by atoms with Crippen LogP contribution in [0.5, 0.6) is 0 Å². The van der Waals surface area contributed by atoms with Gasteiger partial charge in [0.05, 0.1) is 17.5 Å². The van der Waals surface area contributed by atoms with Crippen molar-refractivity contribution in [1.29, 1.82) is 0 Å². The minimum Gasteiger partial charge on any atom is -0.388 e. The van der Waals surface area contributed by atoms with Gasteiger partial charge < -0.3 is 10.4 Å². The van der Waals surface area contributed by atoms with Gasteiger partial charge in [-0.3, -0.25) is 4.79 Å². The highest BCUT2D eigenvalue weighted by atomic mass is 35.5. The fraction of sp³-hybridized carbons (Fsp3) is 0.714. The number of aliphatic hydroxyl groups is 1. The molecule has 0 bridgehead atoms. The molecule has 0 amide bonds. The van der Waals surface area contributed by atoms with Crippen LogP contribution in [0.1, 0.15) is 46.5 Å². The zero-order chi connectivity index (χ0) is 15.2. The second kappa shape index (κ2) is 7.64. The predicted octanol–water partition coefficient (Wildman–Crippen LogP) is 2.66. The second-order valence-electron chi connectivity index (χ2n) is 5.35. The maximum absolute atomic E-state index is 12.0. The maximum Gasteiger partial charge on any atom is 0.287 e. The van der Waals surface area contributed by atoms with Gasteiger partial charge >= 0.3 is 0 Å². The number of aromatic nitrogens is 2. The first-order valence-corrected chi connectivity index (χ1v) is 7.51. The number of anilines is 1. The van der Waals surface area contributed by atoms with Crippen molar-refractivity contribution in [2.75, 3.05) is 11.9 Å². The van der Waals surface area contributed by atoms with Crippen molar-refractivity contribution >= 4 is 17.3 Å². The molecule has 0 fully saturated rings. The highest BCUT2D eigenvalue weighted by molar-refractivity contribution is 6.32. The van der Waals surface area contributed by atoms with Crippen LogP contribution in [-0.4, -0.2) is 27.0 Å². The van der Waals surface area contributed by atoms with E-state index in [1.165, 1.54) is 4.68 Å². The van der Waals surface area contributed by atoms with E-state index in [9.17, 15) is 9.90 Å². The quantitative estimate of drug-likeness (QED) is 0.774. The zero-order valence-corrected chi connectivity index (χ0v) is 13.2. The average Bonchev–Trinajstić information content (AvgIpc) is 2.39. The third-order valence-corrected chi connectivity index (χ3v) is 3.52. The van der Waals surface area contributed by atoms with Gasteiger partial charge in [0.2, 0.25) is 0 Å². The van der Waals surface area contributed by atoms with Gasteiger partial charge in [-0.1, -0.05) is 38.3 Å². The molecular formula is C14H24ClN3O2. The Bertz CT molecular complexity index is 486. The van der Waals surface area contributed by atoms with Crippen LogP contribution in [-0.2, 0) is 6.54 Å². The maximum atomic E-state index is 12.0. The minimum atomic E-state index is -0.824. The molecule has 5 nitrogen and oxygen atoms in total. The molecule has 1 rings (SSSR count). The Hall–Kier alpha value is -1.07. The first-order valence-electron chi connectivity index (χ1n) is 7.13. The van der Waals surface area contributed by atoms with E-state index in [4.69, 9.17) is 11.6 Å². The summed E-state index contributed by atoms with van der Waals surface area (Å²) >= 11 is 6.07. The summed E-state index contributed by atoms with van der Waals surface area (Å²) in [6.07, 6.45) is 4.99. The Morgan fingerprint density at radius 3 is 2.75 bits per heavy atom. The predicted molar refractivity (Wildman–Crippen MR) is 82.4 cm³/mol.